The van der Waals surface area contributed by atoms with E-state index in [-0.39, 0.29) is 23.8 Å². The predicted molar refractivity (Wildman–Crippen MR) is 76.7 cm³/mol. The van der Waals surface area contributed by atoms with Gasteiger partial charge in [-0.15, -0.1) is 0 Å². The lowest BCUT2D eigenvalue weighted by molar-refractivity contribution is -0.122. The Morgan fingerprint density at radius 1 is 1.32 bits per heavy atom. The summed E-state index contributed by atoms with van der Waals surface area (Å²) in [5.74, 6) is -0.466. The van der Waals surface area contributed by atoms with Crippen LogP contribution in [0.4, 0.5) is 0 Å². The van der Waals surface area contributed by atoms with Gasteiger partial charge in [0.05, 0.1) is 12.0 Å². The molecule has 3 heteroatoms. The van der Waals surface area contributed by atoms with Crippen molar-refractivity contribution >= 4 is 5.91 Å². The Morgan fingerprint density at radius 3 is 2.32 bits per heavy atom. The summed E-state index contributed by atoms with van der Waals surface area (Å²) in [7, 11) is 0. The highest BCUT2D eigenvalue weighted by molar-refractivity contribution is 5.78. The molecule has 1 aromatic carbocycles. The maximum absolute atomic E-state index is 11.9. The third-order valence-corrected chi connectivity index (χ3v) is 2.85. The smallest absolute Gasteiger partial charge is 0.222 e. The standard InChI is InChI=1S/C16H22N2O/c1-5-12-6-8-13(9-7-12)14(11-17)10-15(19)18-16(2,3)4/h6-9,14H,5,10H2,1-4H3,(H,18,19). The minimum absolute atomic E-state index is 0.0846. The minimum atomic E-state index is -0.381. The third-order valence-electron chi connectivity index (χ3n) is 2.85. The first-order valence-electron chi connectivity index (χ1n) is 6.65. The normalized spacial score (nSPS) is 12.6. The van der Waals surface area contributed by atoms with Crippen molar-refractivity contribution in [3.05, 3.63) is 35.4 Å². The highest BCUT2D eigenvalue weighted by Gasteiger charge is 2.19. The molecule has 1 N–H and O–H groups in total. The van der Waals surface area contributed by atoms with Crippen molar-refractivity contribution in [2.45, 2.75) is 52.0 Å². The molecular formula is C16H22N2O. The van der Waals surface area contributed by atoms with Gasteiger partial charge in [0, 0.05) is 12.0 Å². The Bertz CT molecular complexity index is 463. The molecule has 0 heterocycles. The molecule has 0 spiro atoms. The molecule has 1 amide bonds. The maximum atomic E-state index is 11.9. The molecule has 102 valence electrons. The average molecular weight is 258 g/mol. The zero-order chi connectivity index (χ0) is 14.5. The van der Waals surface area contributed by atoms with Gasteiger partial charge in [-0.2, -0.15) is 5.26 Å². The number of hydrogen-bond donors (Lipinski definition) is 1. The van der Waals surface area contributed by atoms with Crippen molar-refractivity contribution in [1.29, 1.82) is 5.26 Å². The Hall–Kier alpha value is -1.82. The number of nitrogens with one attached hydrogen (secondary N) is 1. The summed E-state index contributed by atoms with van der Waals surface area (Å²) in [4.78, 5) is 11.9. The first-order valence-corrected chi connectivity index (χ1v) is 6.65. The molecule has 0 aliphatic rings. The highest BCUT2D eigenvalue weighted by Crippen LogP contribution is 2.20. The van der Waals surface area contributed by atoms with Crippen LogP contribution in [0.2, 0.25) is 0 Å². The van der Waals surface area contributed by atoms with Crippen molar-refractivity contribution < 1.29 is 4.79 Å². The van der Waals surface area contributed by atoms with Crippen molar-refractivity contribution in [3.63, 3.8) is 0 Å². The average Bonchev–Trinajstić information content (AvgIpc) is 2.34. The molecule has 0 aliphatic heterocycles. The van der Waals surface area contributed by atoms with E-state index in [2.05, 4.69) is 18.3 Å². The lowest BCUT2D eigenvalue weighted by Crippen LogP contribution is -2.41. The van der Waals surface area contributed by atoms with Gasteiger partial charge in [0.2, 0.25) is 5.91 Å². The molecule has 0 bridgehead atoms. The summed E-state index contributed by atoms with van der Waals surface area (Å²) in [5, 5.41) is 12.1. The van der Waals surface area contributed by atoms with E-state index in [1.54, 1.807) is 0 Å². The Balaban J connectivity index is 2.73. The summed E-state index contributed by atoms with van der Waals surface area (Å²) in [6.45, 7) is 7.89. The monoisotopic (exact) mass is 258 g/mol. The van der Waals surface area contributed by atoms with Crippen LogP contribution in [0.15, 0.2) is 24.3 Å². The molecule has 0 aliphatic carbocycles. The van der Waals surface area contributed by atoms with Crippen molar-refractivity contribution in [2.24, 2.45) is 0 Å². The SMILES string of the molecule is CCc1ccc(C(C#N)CC(=O)NC(C)(C)C)cc1. The molecule has 1 rings (SSSR count). The quantitative estimate of drug-likeness (QED) is 0.902. The van der Waals surface area contributed by atoms with Crippen LogP contribution in [0, 0.1) is 11.3 Å². The van der Waals surface area contributed by atoms with E-state index in [0.29, 0.717) is 0 Å². The maximum Gasteiger partial charge on any atom is 0.222 e. The second-order valence-electron chi connectivity index (χ2n) is 5.78. The van der Waals surface area contributed by atoms with Gasteiger partial charge in [-0.25, -0.2) is 0 Å². The first kappa shape index (κ1) is 15.2. The number of rotatable bonds is 4. The topological polar surface area (TPSA) is 52.9 Å². The number of carbonyl (C=O) groups excluding carboxylic acids is 1. The molecule has 0 radical (unpaired) electrons. The fourth-order valence-electron chi connectivity index (χ4n) is 1.88. The number of amides is 1. The lowest BCUT2D eigenvalue weighted by atomic mass is 9.95. The van der Waals surface area contributed by atoms with Gasteiger partial charge in [-0.05, 0) is 38.3 Å². The first-order chi connectivity index (χ1) is 8.85. The van der Waals surface area contributed by atoms with Crippen LogP contribution < -0.4 is 5.32 Å². The van der Waals surface area contributed by atoms with E-state index < -0.39 is 0 Å². The van der Waals surface area contributed by atoms with Crippen LogP contribution >= 0.6 is 0 Å². The number of hydrogen-bond acceptors (Lipinski definition) is 2. The van der Waals surface area contributed by atoms with Crippen LogP contribution in [-0.4, -0.2) is 11.4 Å². The Kier molecular flexibility index (Phi) is 5.11. The molecule has 0 fully saturated rings. The van der Waals surface area contributed by atoms with Gasteiger partial charge in [0.15, 0.2) is 0 Å². The Morgan fingerprint density at radius 2 is 1.89 bits per heavy atom. The molecule has 0 aromatic heterocycles. The molecule has 0 saturated heterocycles. The molecule has 3 nitrogen and oxygen atoms in total. The number of nitrogens with zero attached hydrogens (tertiary/aromatic N) is 1. The molecular weight excluding hydrogens is 236 g/mol. The van der Waals surface area contributed by atoms with Crippen molar-refractivity contribution in [1.82, 2.24) is 5.32 Å². The van der Waals surface area contributed by atoms with Crippen molar-refractivity contribution in [2.75, 3.05) is 0 Å². The Labute approximate surface area is 115 Å². The van der Waals surface area contributed by atoms with Gasteiger partial charge in [0.25, 0.3) is 0 Å². The molecule has 19 heavy (non-hydrogen) atoms. The predicted octanol–water partition coefficient (Wildman–Crippen LogP) is 3.16. The van der Waals surface area contributed by atoms with E-state index in [9.17, 15) is 10.1 Å². The van der Waals surface area contributed by atoms with E-state index in [0.717, 1.165) is 12.0 Å². The van der Waals surface area contributed by atoms with Gasteiger partial charge in [-0.3, -0.25) is 4.79 Å². The molecule has 0 saturated carbocycles. The summed E-state index contributed by atoms with van der Waals surface area (Å²) < 4.78 is 0. The fraction of sp³-hybridized carbons (Fsp3) is 0.500. The summed E-state index contributed by atoms with van der Waals surface area (Å²) >= 11 is 0. The van der Waals surface area contributed by atoms with Gasteiger partial charge in [0.1, 0.15) is 0 Å². The highest BCUT2D eigenvalue weighted by atomic mass is 16.1. The van der Waals surface area contributed by atoms with E-state index in [4.69, 9.17) is 0 Å². The summed E-state index contributed by atoms with van der Waals surface area (Å²) in [6.07, 6.45) is 1.18. The second kappa shape index (κ2) is 6.38. The zero-order valence-corrected chi connectivity index (χ0v) is 12.2. The zero-order valence-electron chi connectivity index (χ0n) is 12.2. The van der Waals surface area contributed by atoms with Crippen molar-refractivity contribution in [3.8, 4) is 6.07 Å². The van der Waals surface area contributed by atoms with Crippen LogP contribution in [0.5, 0.6) is 0 Å². The molecule has 1 unspecified atom stereocenters. The van der Waals surface area contributed by atoms with Crippen LogP contribution in [-0.2, 0) is 11.2 Å². The van der Waals surface area contributed by atoms with Gasteiger partial charge < -0.3 is 5.32 Å². The van der Waals surface area contributed by atoms with Crippen LogP contribution in [0.25, 0.3) is 0 Å². The second-order valence-corrected chi connectivity index (χ2v) is 5.78. The largest absolute Gasteiger partial charge is 0.351 e. The summed E-state index contributed by atoms with van der Waals surface area (Å²) in [6, 6.07) is 10.1. The lowest BCUT2D eigenvalue weighted by Gasteiger charge is -2.21. The summed E-state index contributed by atoms with van der Waals surface area (Å²) in [5.41, 5.74) is 1.88. The number of carbonyl (C=O) groups is 1. The van der Waals surface area contributed by atoms with Gasteiger partial charge in [-0.1, -0.05) is 31.2 Å². The van der Waals surface area contributed by atoms with E-state index >= 15 is 0 Å². The van der Waals surface area contributed by atoms with E-state index in [1.807, 2.05) is 45.0 Å². The van der Waals surface area contributed by atoms with Crippen LogP contribution in [0.1, 0.15) is 51.2 Å². The number of aryl methyl sites for hydroxylation is 1. The number of nitriles is 1. The van der Waals surface area contributed by atoms with Crippen LogP contribution in [0.3, 0.4) is 0 Å². The fourth-order valence-corrected chi connectivity index (χ4v) is 1.88. The van der Waals surface area contributed by atoms with E-state index in [1.165, 1.54) is 5.56 Å². The number of benzene rings is 1. The molecule has 1 aromatic rings. The van der Waals surface area contributed by atoms with Gasteiger partial charge >= 0.3 is 0 Å². The third kappa shape index (κ3) is 5.13. The molecule has 1 atom stereocenters. The minimum Gasteiger partial charge on any atom is -0.351 e.